The number of aryl methyl sites for hydroxylation is 1. The van der Waals surface area contributed by atoms with E-state index >= 15 is 0 Å². The molecule has 1 atom stereocenters. The minimum Gasteiger partial charge on any atom is -0.378 e. The molecule has 2 heterocycles. The van der Waals surface area contributed by atoms with E-state index in [0.29, 0.717) is 33.3 Å². The molecule has 170 valence electrons. The molecule has 0 saturated carbocycles. The molecule has 0 fully saturated rings. The summed E-state index contributed by atoms with van der Waals surface area (Å²) >= 11 is 6.00. The molecule has 33 heavy (non-hydrogen) atoms. The van der Waals surface area contributed by atoms with Crippen molar-refractivity contribution in [2.75, 3.05) is 17.7 Å². The molecule has 2 aromatic carbocycles. The average molecular weight is 470 g/mol. The summed E-state index contributed by atoms with van der Waals surface area (Å²) in [4.78, 5) is 36.0. The monoisotopic (exact) mass is 469 g/mol. The van der Waals surface area contributed by atoms with Crippen LogP contribution in [0.25, 0.3) is 11.1 Å². The Kier molecular flexibility index (Phi) is 6.12. The van der Waals surface area contributed by atoms with Gasteiger partial charge in [0.05, 0.1) is 29.3 Å². The molecule has 2 amide bonds. The number of hydrogen-bond donors (Lipinski definition) is 2. The van der Waals surface area contributed by atoms with Gasteiger partial charge in [0, 0.05) is 29.8 Å². The number of methoxy groups -OCH3 is 1. The number of carbonyl (C=O) groups excluding carboxylic acids is 2. The summed E-state index contributed by atoms with van der Waals surface area (Å²) in [7, 11) is 1.54. The number of ether oxygens (including phenoxy) is 1. The minimum absolute atomic E-state index is 0.138. The van der Waals surface area contributed by atoms with Gasteiger partial charge in [-0.2, -0.15) is 5.10 Å². The summed E-state index contributed by atoms with van der Waals surface area (Å²) < 4.78 is 6.75. The molecule has 10 nitrogen and oxygen atoms in total. The summed E-state index contributed by atoms with van der Waals surface area (Å²) in [6, 6.07) is 10.4. The molecule has 4 rings (SSSR count). The van der Waals surface area contributed by atoms with Gasteiger partial charge in [-0.05, 0) is 30.2 Å². The molecule has 1 unspecified atom stereocenters. The van der Waals surface area contributed by atoms with Crippen molar-refractivity contribution in [3.05, 3.63) is 68.9 Å². The first kappa shape index (κ1) is 22.4. The fourth-order valence-electron chi connectivity index (χ4n) is 3.71. The van der Waals surface area contributed by atoms with Gasteiger partial charge < -0.3 is 15.4 Å². The number of hydrogen-bond acceptors (Lipinski definition) is 6. The fraction of sp³-hybridized carbons (Fsp3) is 0.227. The number of nitrogens with zero attached hydrogens (tertiary/aromatic N) is 3. The topological polar surface area (TPSA) is 128 Å². The van der Waals surface area contributed by atoms with Crippen LogP contribution in [0.15, 0.2) is 42.5 Å². The molecule has 0 radical (unpaired) electrons. The van der Waals surface area contributed by atoms with E-state index in [2.05, 4.69) is 15.7 Å². The Labute approximate surface area is 193 Å². The Balaban J connectivity index is 1.61. The summed E-state index contributed by atoms with van der Waals surface area (Å²) in [6.07, 6.45) is -0.199. The van der Waals surface area contributed by atoms with Crippen molar-refractivity contribution in [3.63, 3.8) is 0 Å². The summed E-state index contributed by atoms with van der Waals surface area (Å²) in [6.45, 7) is 1.93. The zero-order valence-electron chi connectivity index (χ0n) is 17.8. The Hall–Kier alpha value is -3.76. The Morgan fingerprint density at radius 1 is 1.30 bits per heavy atom. The molecule has 0 spiro atoms. The van der Waals surface area contributed by atoms with Crippen molar-refractivity contribution in [2.45, 2.75) is 26.0 Å². The Bertz CT molecular complexity index is 1250. The van der Waals surface area contributed by atoms with Crippen molar-refractivity contribution in [3.8, 4) is 11.1 Å². The maximum Gasteiger partial charge on any atom is 0.271 e. The third-order valence-electron chi connectivity index (χ3n) is 5.32. The third kappa shape index (κ3) is 4.43. The van der Waals surface area contributed by atoms with Crippen LogP contribution >= 0.6 is 11.6 Å². The highest BCUT2D eigenvalue weighted by Gasteiger charge is 2.37. The SMILES string of the molecule is COCc1nn2c(c1-c1ccc(Cl)cc1)NC(=O)C2CC(=O)Nc1cc([N+](=O)[O-])ccc1C. The number of nitro groups is 1. The van der Waals surface area contributed by atoms with E-state index in [9.17, 15) is 19.7 Å². The average Bonchev–Trinajstić information content (AvgIpc) is 3.25. The molecule has 11 heteroatoms. The van der Waals surface area contributed by atoms with E-state index in [-0.39, 0.29) is 24.6 Å². The van der Waals surface area contributed by atoms with Crippen LogP contribution in [0.5, 0.6) is 0 Å². The lowest BCUT2D eigenvalue weighted by molar-refractivity contribution is -0.384. The second-order valence-electron chi connectivity index (χ2n) is 7.57. The second-order valence-corrected chi connectivity index (χ2v) is 8.00. The van der Waals surface area contributed by atoms with Crippen LogP contribution in [0.1, 0.15) is 23.7 Å². The summed E-state index contributed by atoms with van der Waals surface area (Å²) in [5.74, 6) is -0.371. The number of nitrogens with one attached hydrogen (secondary N) is 2. The predicted molar refractivity (Wildman–Crippen MR) is 122 cm³/mol. The van der Waals surface area contributed by atoms with Gasteiger partial charge >= 0.3 is 0 Å². The van der Waals surface area contributed by atoms with E-state index in [1.165, 1.54) is 16.8 Å². The lowest BCUT2D eigenvalue weighted by Crippen LogP contribution is -2.24. The largest absolute Gasteiger partial charge is 0.378 e. The van der Waals surface area contributed by atoms with E-state index in [0.717, 1.165) is 5.56 Å². The number of non-ortho nitro benzene ring substituents is 1. The van der Waals surface area contributed by atoms with E-state index in [1.807, 2.05) is 12.1 Å². The van der Waals surface area contributed by atoms with Crippen molar-refractivity contribution < 1.29 is 19.2 Å². The lowest BCUT2D eigenvalue weighted by Gasteiger charge is -2.11. The molecule has 0 aliphatic carbocycles. The molecule has 0 saturated heterocycles. The Morgan fingerprint density at radius 2 is 2.03 bits per heavy atom. The van der Waals surface area contributed by atoms with Crippen LogP contribution in [0.2, 0.25) is 5.02 Å². The zero-order valence-corrected chi connectivity index (χ0v) is 18.5. The van der Waals surface area contributed by atoms with E-state index < -0.39 is 16.9 Å². The van der Waals surface area contributed by atoms with Crippen molar-refractivity contribution in [2.24, 2.45) is 0 Å². The fourth-order valence-corrected chi connectivity index (χ4v) is 3.84. The number of carbonyl (C=O) groups is 2. The van der Waals surface area contributed by atoms with Gasteiger partial charge in [-0.25, -0.2) is 4.68 Å². The normalized spacial score (nSPS) is 14.6. The predicted octanol–water partition coefficient (Wildman–Crippen LogP) is 4.09. The van der Waals surface area contributed by atoms with Gasteiger partial charge in [0.2, 0.25) is 5.91 Å². The number of fused-ring (bicyclic) bond motifs is 1. The van der Waals surface area contributed by atoms with Gasteiger partial charge in [-0.15, -0.1) is 0 Å². The number of benzene rings is 2. The number of rotatable bonds is 7. The first-order valence-electron chi connectivity index (χ1n) is 10.0. The molecule has 1 aliphatic rings. The van der Waals surface area contributed by atoms with Gasteiger partial charge in [0.25, 0.3) is 11.6 Å². The van der Waals surface area contributed by atoms with E-state index in [1.54, 1.807) is 32.2 Å². The maximum absolute atomic E-state index is 12.7. The Morgan fingerprint density at radius 3 is 2.70 bits per heavy atom. The third-order valence-corrected chi connectivity index (χ3v) is 5.57. The maximum atomic E-state index is 12.7. The highest BCUT2D eigenvalue weighted by molar-refractivity contribution is 6.30. The van der Waals surface area contributed by atoms with Gasteiger partial charge in [-0.3, -0.25) is 19.7 Å². The van der Waals surface area contributed by atoms with Gasteiger partial charge in [0.1, 0.15) is 11.9 Å². The highest BCUT2D eigenvalue weighted by atomic mass is 35.5. The summed E-state index contributed by atoms with van der Waals surface area (Å²) in [5.41, 5.74) is 2.94. The van der Waals surface area contributed by atoms with Crippen molar-refractivity contribution in [1.82, 2.24) is 9.78 Å². The second kappa shape index (κ2) is 9.00. The molecule has 2 N–H and O–H groups in total. The van der Waals surface area contributed by atoms with Crippen LogP contribution in [0, 0.1) is 17.0 Å². The molecule has 1 aliphatic heterocycles. The van der Waals surface area contributed by atoms with Crippen molar-refractivity contribution >= 4 is 40.6 Å². The lowest BCUT2D eigenvalue weighted by atomic mass is 10.1. The minimum atomic E-state index is -0.879. The van der Waals surface area contributed by atoms with Crippen LogP contribution in [-0.4, -0.2) is 33.6 Å². The van der Waals surface area contributed by atoms with E-state index in [4.69, 9.17) is 16.3 Å². The van der Waals surface area contributed by atoms with Crippen LogP contribution in [0.3, 0.4) is 0 Å². The van der Waals surface area contributed by atoms with Crippen LogP contribution in [-0.2, 0) is 20.9 Å². The zero-order chi connectivity index (χ0) is 23.7. The first-order chi connectivity index (χ1) is 15.8. The van der Waals surface area contributed by atoms with Gasteiger partial charge in [-0.1, -0.05) is 29.8 Å². The summed E-state index contributed by atoms with van der Waals surface area (Å²) in [5, 5.41) is 21.6. The smallest absolute Gasteiger partial charge is 0.271 e. The standard InChI is InChI=1S/C22H20ClN5O5/c1-12-3-8-15(28(31)32)9-16(12)24-19(29)10-18-22(30)25-21-20(13-4-6-14(23)7-5-13)17(11-33-2)26-27(18)21/h3-9,18H,10-11H2,1-2H3,(H,24,29)(H,25,30). The van der Waals surface area contributed by atoms with Gasteiger partial charge in [0.15, 0.2) is 0 Å². The number of aromatic nitrogens is 2. The molecule has 0 bridgehead atoms. The molecular formula is C22H20ClN5O5. The van der Waals surface area contributed by atoms with Crippen LogP contribution < -0.4 is 10.6 Å². The van der Waals surface area contributed by atoms with Crippen LogP contribution in [0.4, 0.5) is 17.2 Å². The number of anilines is 2. The highest BCUT2D eigenvalue weighted by Crippen LogP contribution is 2.39. The molecule has 3 aromatic rings. The molecular weight excluding hydrogens is 450 g/mol. The number of amides is 2. The quantitative estimate of drug-likeness (QED) is 0.396. The van der Waals surface area contributed by atoms with Crippen molar-refractivity contribution in [1.29, 1.82) is 0 Å². The number of nitro benzene ring substituents is 1. The number of halogens is 1. The first-order valence-corrected chi connectivity index (χ1v) is 10.4. The molecule has 1 aromatic heterocycles.